The number of ether oxygens (including phenoxy) is 1. The summed E-state index contributed by atoms with van der Waals surface area (Å²) in [5.41, 5.74) is 1.91. The van der Waals surface area contributed by atoms with Crippen LogP contribution < -0.4 is 0 Å². The fraction of sp³-hybridized carbons (Fsp3) is 0.912. The molecule has 5 aliphatic carbocycles. The molecule has 10 atom stereocenters. The molecule has 5 aliphatic rings. The second kappa shape index (κ2) is 9.10. The molecule has 3 heteroatoms. The van der Waals surface area contributed by atoms with Gasteiger partial charge in [-0.1, -0.05) is 73.5 Å². The van der Waals surface area contributed by atoms with Gasteiger partial charge in [0.2, 0.25) is 0 Å². The Hall–Kier alpha value is -0.830. The van der Waals surface area contributed by atoms with E-state index in [4.69, 9.17) is 4.74 Å². The minimum Gasteiger partial charge on any atom is -0.465 e. The summed E-state index contributed by atoms with van der Waals surface area (Å²) in [6.45, 7) is 20.1. The number of esters is 1. The van der Waals surface area contributed by atoms with Crippen LogP contribution >= 0.6 is 0 Å². The highest BCUT2D eigenvalue weighted by Gasteiger charge is 2.69. The number of rotatable bonds is 4. The summed E-state index contributed by atoms with van der Waals surface area (Å²) in [4.78, 5) is 13.9. The van der Waals surface area contributed by atoms with Crippen molar-refractivity contribution in [3.8, 4) is 0 Å². The molecule has 3 nitrogen and oxygen atoms in total. The van der Waals surface area contributed by atoms with Crippen LogP contribution in [0.25, 0.3) is 0 Å². The van der Waals surface area contributed by atoms with Crippen LogP contribution in [0.3, 0.4) is 0 Å². The van der Waals surface area contributed by atoms with E-state index in [1.54, 1.807) is 5.57 Å². The number of hydrogen-bond acceptors (Lipinski definition) is 3. The van der Waals surface area contributed by atoms with Crippen molar-refractivity contribution in [1.29, 1.82) is 0 Å². The van der Waals surface area contributed by atoms with Crippen LogP contribution in [0.5, 0.6) is 0 Å². The lowest BCUT2D eigenvalue weighted by Gasteiger charge is -2.71. The topological polar surface area (TPSA) is 46.5 Å². The average molecular weight is 513 g/mol. The lowest BCUT2D eigenvalue weighted by atomic mass is 9.33. The summed E-state index contributed by atoms with van der Waals surface area (Å²) in [5, 5.41) is 11.0. The van der Waals surface area contributed by atoms with Crippen molar-refractivity contribution in [2.24, 2.45) is 56.7 Å². The van der Waals surface area contributed by atoms with Gasteiger partial charge in [0.05, 0.1) is 18.1 Å². The number of hydrogen-bond donors (Lipinski definition) is 1. The van der Waals surface area contributed by atoms with Gasteiger partial charge in [0, 0.05) is 0 Å². The Labute approximate surface area is 227 Å². The van der Waals surface area contributed by atoms with Crippen molar-refractivity contribution in [3.63, 3.8) is 0 Å². The molecule has 0 aromatic rings. The van der Waals surface area contributed by atoms with Gasteiger partial charge in [0.15, 0.2) is 0 Å². The second-order valence-corrected chi connectivity index (χ2v) is 15.7. The van der Waals surface area contributed by atoms with E-state index in [2.05, 4.69) is 61.5 Å². The van der Waals surface area contributed by atoms with Crippen molar-refractivity contribution < 1.29 is 14.6 Å². The number of fused-ring (bicyclic) bond motifs is 7. The third kappa shape index (κ3) is 3.64. The first-order valence-electron chi connectivity index (χ1n) is 15.9. The van der Waals surface area contributed by atoms with E-state index in [0.29, 0.717) is 36.2 Å². The van der Waals surface area contributed by atoms with E-state index in [0.717, 1.165) is 57.8 Å². The minimum absolute atomic E-state index is 0.0174. The van der Waals surface area contributed by atoms with Gasteiger partial charge in [-0.15, -0.1) is 0 Å². The van der Waals surface area contributed by atoms with E-state index in [9.17, 15) is 9.90 Å². The van der Waals surface area contributed by atoms with E-state index < -0.39 is 0 Å². The highest BCUT2D eigenvalue weighted by atomic mass is 16.5. The summed E-state index contributed by atoms with van der Waals surface area (Å²) >= 11 is 0. The summed E-state index contributed by atoms with van der Waals surface area (Å²) < 4.78 is 6.04. The van der Waals surface area contributed by atoms with Crippen LogP contribution in [-0.4, -0.2) is 23.8 Å². The van der Waals surface area contributed by atoms with Gasteiger partial charge in [-0.2, -0.15) is 0 Å². The fourth-order valence-electron chi connectivity index (χ4n) is 11.3. The third-order valence-electron chi connectivity index (χ3n) is 14.1. The molecule has 0 aromatic carbocycles. The lowest BCUT2D eigenvalue weighted by Crippen LogP contribution is -2.65. The average Bonchev–Trinajstić information content (AvgIpc) is 2.84. The Morgan fingerprint density at radius 3 is 2.41 bits per heavy atom. The largest absolute Gasteiger partial charge is 0.465 e. The molecule has 210 valence electrons. The summed E-state index contributed by atoms with van der Waals surface area (Å²) in [6.07, 6.45) is 14.4. The number of carbonyl (C=O) groups excluding carboxylic acids is 1. The highest BCUT2D eigenvalue weighted by Crippen LogP contribution is 2.75. The normalized spacial score (nSPS) is 50.6. The van der Waals surface area contributed by atoms with Gasteiger partial charge < -0.3 is 9.84 Å². The fourth-order valence-corrected chi connectivity index (χ4v) is 11.3. The molecule has 37 heavy (non-hydrogen) atoms. The van der Waals surface area contributed by atoms with Crippen molar-refractivity contribution in [2.75, 3.05) is 6.61 Å². The maximum Gasteiger partial charge on any atom is 0.312 e. The first-order chi connectivity index (χ1) is 17.3. The van der Waals surface area contributed by atoms with Crippen LogP contribution in [0.4, 0.5) is 0 Å². The summed E-state index contributed by atoms with van der Waals surface area (Å²) in [6, 6.07) is 0. The molecular weight excluding hydrogens is 456 g/mol. The predicted octanol–water partition coefficient (Wildman–Crippen LogP) is 8.35. The molecule has 4 fully saturated rings. The Kier molecular flexibility index (Phi) is 6.82. The Morgan fingerprint density at radius 2 is 1.70 bits per heavy atom. The van der Waals surface area contributed by atoms with Crippen LogP contribution in [0.2, 0.25) is 0 Å². The van der Waals surface area contributed by atoms with Gasteiger partial charge in [0.1, 0.15) is 0 Å². The van der Waals surface area contributed by atoms with Crippen LogP contribution in [0.15, 0.2) is 11.6 Å². The van der Waals surface area contributed by atoms with Crippen molar-refractivity contribution in [3.05, 3.63) is 11.6 Å². The Balaban J connectivity index is 1.56. The van der Waals surface area contributed by atoms with Gasteiger partial charge in [-0.25, -0.2) is 0 Å². The standard InChI is InChI=1S/C34H56O3/c1-9-10-21-37-29(36)34-18-13-22(2)23(3)28(34)24-11-12-26-31(6)16-15-27(35)30(4,5)25(31)14-17-33(26,8)32(24,7)19-20-34/h11,22-23,25-28,35H,9-10,12-21H2,1-8H3/t22-,23+,25?,26?,27+,28?,31+,32-,33-,34+/m1/s1. The highest BCUT2D eigenvalue weighted by molar-refractivity contribution is 5.79. The lowest BCUT2D eigenvalue weighted by molar-refractivity contribution is -0.207. The number of unbranched alkanes of at least 4 members (excludes halogenated alkanes) is 1. The van der Waals surface area contributed by atoms with E-state index in [1.807, 2.05) is 0 Å². The molecule has 0 spiro atoms. The molecule has 4 saturated carbocycles. The van der Waals surface area contributed by atoms with Crippen LogP contribution in [-0.2, 0) is 9.53 Å². The molecule has 1 N–H and O–H groups in total. The molecule has 0 aliphatic heterocycles. The van der Waals surface area contributed by atoms with E-state index in [-0.39, 0.29) is 39.1 Å². The van der Waals surface area contributed by atoms with Gasteiger partial charge in [-0.3, -0.25) is 4.79 Å². The van der Waals surface area contributed by atoms with Crippen LogP contribution in [0.1, 0.15) is 126 Å². The molecule has 0 radical (unpaired) electrons. The molecular formula is C34H56O3. The number of carbonyl (C=O) groups is 1. The zero-order chi connectivity index (χ0) is 27.0. The number of aliphatic hydroxyl groups is 1. The Morgan fingerprint density at radius 1 is 0.973 bits per heavy atom. The monoisotopic (exact) mass is 512 g/mol. The molecule has 0 saturated heterocycles. The molecule has 0 heterocycles. The zero-order valence-corrected chi connectivity index (χ0v) is 25.3. The molecule has 0 bridgehead atoms. The summed E-state index contributed by atoms with van der Waals surface area (Å²) in [7, 11) is 0. The van der Waals surface area contributed by atoms with E-state index in [1.165, 1.54) is 12.8 Å². The first kappa shape index (κ1) is 27.7. The summed E-state index contributed by atoms with van der Waals surface area (Å²) in [5.74, 6) is 2.79. The quantitative estimate of drug-likeness (QED) is 0.234. The first-order valence-corrected chi connectivity index (χ1v) is 15.9. The number of aliphatic hydroxyl groups excluding tert-OH is 1. The molecule has 0 amide bonds. The predicted molar refractivity (Wildman–Crippen MR) is 151 cm³/mol. The van der Waals surface area contributed by atoms with Gasteiger partial charge in [0.25, 0.3) is 0 Å². The van der Waals surface area contributed by atoms with Crippen LogP contribution in [0, 0.1) is 56.7 Å². The van der Waals surface area contributed by atoms with Gasteiger partial charge in [-0.05, 0) is 115 Å². The maximum atomic E-state index is 13.9. The molecule has 3 unspecified atom stereocenters. The van der Waals surface area contributed by atoms with E-state index >= 15 is 0 Å². The second-order valence-electron chi connectivity index (χ2n) is 15.7. The SMILES string of the molecule is CCCCOC(=O)[C@]12CC[C@@H](C)[C@H](C)C1C1=CCC3[C@@]4(C)CC[C@H](O)C(C)(C)C4CC[C@@]3(C)[C@]1(C)CC2. The van der Waals surface area contributed by atoms with Crippen molar-refractivity contribution in [2.45, 2.75) is 132 Å². The zero-order valence-electron chi connectivity index (χ0n) is 25.3. The number of allylic oxidation sites excluding steroid dienone is 2. The minimum atomic E-state index is -0.327. The molecule has 5 rings (SSSR count). The molecule has 0 aromatic heterocycles. The maximum absolute atomic E-state index is 13.9. The smallest absolute Gasteiger partial charge is 0.312 e. The van der Waals surface area contributed by atoms with Gasteiger partial charge >= 0.3 is 5.97 Å². The Bertz CT molecular complexity index is 935. The third-order valence-corrected chi connectivity index (χ3v) is 14.1. The van der Waals surface area contributed by atoms with Crippen molar-refractivity contribution >= 4 is 5.97 Å². The van der Waals surface area contributed by atoms with Crippen molar-refractivity contribution in [1.82, 2.24) is 0 Å².